The zero-order valence-electron chi connectivity index (χ0n) is 18.6. The fourth-order valence-corrected chi connectivity index (χ4v) is 4.30. The molecular formula is C25H29FNO4P. The Kier molecular flexibility index (Phi) is 7.73. The molecule has 3 rings (SSSR count). The van der Waals surface area contributed by atoms with Gasteiger partial charge in [-0.25, -0.2) is 4.39 Å². The minimum Gasteiger partial charge on any atom is -0.508 e. The number of phenolic OH excluding ortho intramolecular Hbond substituents is 1. The van der Waals surface area contributed by atoms with Gasteiger partial charge in [0.2, 0.25) is 0 Å². The predicted octanol–water partition coefficient (Wildman–Crippen LogP) is 5.57. The quantitative estimate of drug-likeness (QED) is 0.366. The zero-order valence-corrected chi connectivity index (χ0v) is 19.5. The van der Waals surface area contributed by atoms with Gasteiger partial charge < -0.3 is 19.8 Å². The van der Waals surface area contributed by atoms with Gasteiger partial charge in [-0.05, 0) is 84.0 Å². The van der Waals surface area contributed by atoms with Gasteiger partial charge in [0.25, 0.3) is 0 Å². The summed E-state index contributed by atoms with van der Waals surface area (Å²) in [6.45, 7) is 4.42. The van der Waals surface area contributed by atoms with Crippen LogP contribution in [0.4, 0.5) is 10.1 Å². The van der Waals surface area contributed by atoms with Crippen molar-refractivity contribution in [3.05, 3.63) is 93.8 Å². The summed E-state index contributed by atoms with van der Waals surface area (Å²) < 4.78 is 29.4. The summed E-state index contributed by atoms with van der Waals surface area (Å²) in [6, 6.07) is 16.0. The number of hydrogen-bond acceptors (Lipinski definition) is 4. The monoisotopic (exact) mass is 457 g/mol. The number of halogens is 1. The summed E-state index contributed by atoms with van der Waals surface area (Å²) in [7, 11) is -2.29. The van der Waals surface area contributed by atoms with E-state index in [9.17, 15) is 19.0 Å². The summed E-state index contributed by atoms with van der Waals surface area (Å²) in [6.07, 6.45) is 1.27. The molecule has 5 nitrogen and oxygen atoms in total. The Morgan fingerprint density at radius 3 is 2.22 bits per heavy atom. The molecule has 0 amide bonds. The Hall–Kier alpha value is -2.66. The van der Waals surface area contributed by atoms with Crippen LogP contribution in [0, 0.1) is 19.7 Å². The molecule has 0 aromatic heterocycles. The molecule has 3 N–H and O–H groups in total. The van der Waals surface area contributed by atoms with Gasteiger partial charge in [0.05, 0.1) is 6.16 Å². The van der Waals surface area contributed by atoms with Gasteiger partial charge >= 0.3 is 7.60 Å². The van der Waals surface area contributed by atoms with E-state index in [4.69, 9.17) is 0 Å². The third-order valence-electron chi connectivity index (χ3n) is 5.54. The second kappa shape index (κ2) is 10.3. The molecule has 1 unspecified atom stereocenters. The first-order valence-corrected chi connectivity index (χ1v) is 12.2. The van der Waals surface area contributed by atoms with Gasteiger partial charge in [-0.15, -0.1) is 0 Å². The second-order valence-electron chi connectivity index (χ2n) is 8.00. The molecule has 0 aliphatic carbocycles. The van der Waals surface area contributed by atoms with Crippen LogP contribution in [-0.4, -0.2) is 29.8 Å². The van der Waals surface area contributed by atoms with Crippen molar-refractivity contribution in [1.82, 2.24) is 0 Å². The van der Waals surface area contributed by atoms with E-state index in [0.29, 0.717) is 19.4 Å². The lowest BCUT2D eigenvalue weighted by Crippen LogP contribution is -2.08. The lowest BCUT2D eigenvalue weighted by molar-refractivity contribution is 0.316. The molecular weight excluding hydrogens is 428 g/mol. The molecule has 170 valence electrons. The largest absolute Gasteiger partial charge is 0.508 e. The van der Waals surface area contributed by atoms with Crippen molar-refractivity contribution < 1.29 is 23.5 Å². The Morgan fingerprint density at radius 2 is 1.59 bits per heavy atom. The first kappa shape index (κ1) is 24.0. The standard InChI is InChI=1S/C25H29FNO4P/c1-17-12-23(27-10-11-32(29,30)31-3)13-18(2)24(17)16-20-6-9-25(28)21(15-20)14-19-4-7-22(26)8-5-19/h4-9,12-13,15,27-28H,10-11,14,16H2,1-3H3,(H,29,30). The summed E-state index contributed by atoms with van der Waals surface area (Å²) >= 11 is 0. The zero-order chi connectivity index (χ0) is 23.3. The highest BCUT2D eigenvalue weighted by Gasteiger charge is 2.16. The van der Waals surface area contributed by atoms with Gasteiger partial charge in [0.15, 0.2) is 0 Å². The third-order valence-corrected chi connectivity index (χ3v) is 6.90. The van der Waals surface area contributed by atoms with E-state index >= 15 is 0 Å². The smallest absolute Gasteiger partial charge is 0.329 e. The van der Waals surface area contributed by atoms with Crippen molar-refractivity contribution in [1.29, 1.82) is 0 Å². The van der Waals surface area contributed by atoms with Crippen LogP contribution in [0.1, 0.15) is 33.4 Å². The van der Waals surface area contributed by atoms with Crippen molar-refractivity contribution in [2.45, 2.75) is 26.7 Å². The van der Waals surface area contributed by atoms with Crippen LogP contribution in [0.5, 0.6) is 5.75 Å². The van der Waals surface area contributed by atoms with Crippen LogP contribution in [0.3, 0.4) is 0 Å². The number of benzene rings is 3. The number of anilines is 1. The summed E-state index contributed by atoms with van der Waals surface area (Å²) in [5.74, 6) is -0.0528. The molecule has 3 aromatic carbocycles. The van der Waals surface area contributed by atoms with Crippen LogP contribution < -0.4 is 5.32 Å². The van der Waals surface area contributed by atoms with Gasteiger partial charge in [-0.1, -0.05) is 24.3 Å². The van der Waals surface area contributed by atoms with E-state index in [2.05, 4.69) is 9.84 Å². The van der Waals surface area contributed by atoms with Gasteiger partial charge in [-0.2, -0.15) is 0 Å². The Balaban J connectivity index is 1.74. The Bertz CT molecular complexity index is 1110. The topological polar surface area (TPSA) is 78.8 Å². The van der Waals surface area contributed by atoms with E-state index in [0.717, 1.165) is 33.5 Å². The molecule has 0 spiro atoms. The van der Waals surface area contributed by atoms with Crippen LogP contribution in [0.2, 0.25) is 0 Å². The van der Waals surface area contributed by atoms with Gasteiger partial charge in [-0.3, -0.25) is 4.57 Å². The average Bonchev–Trinajstić information content (AvgIpc) is 2.74. The first-order chi connectivity index (χ1) is 15.2. The lowest BCUT2D eigenvalue weighted by atomic mass is 9.93. The molecule has 0 aliphatic rings. The fourth-order valence-electron chi connectivity index (χ4n) is 3.72. The fraction of sp³-hybridized carbons (Fsp3) is 0.280. The number of aromatic hydroxyl groups is 1. The lowest BCUT2D eigenvalue weighted by Gasteiger charge is -2.16. The highest BCUT2D eigenvalue weighted by molar-refractivity contribution is 7.52. The predicted molar refractivity (Wildman–Crippen MR) is 126 cm³/mol. The van der Waals surface area contributed by atoms with E-state index in [-0.39, 0.29) is 17.7 Å². The molecule has 7 heteroatoms. The highest BCUT2D eigenvalue weighted by atomic mass is 31.2. The number of phenols is 1. The molecule has 0 saturated carbocycles. The molecule has 0 bridgehead atoms. The molecule has 0 saturated heterocycles. The van der Waals surface area contributed by atoms with E-state index in [1.165, 1.54) is 24.8 Å². The maximum absolute atomic E-state index is 13.2. The van der Waals surface area contributed by atoms with Crippen LogP contribution >= 0.6 is 7.60 Å². The number of aryl methyl sites for hydroxylation is 2. The highest BCUT2D eigenvalue weighted by Crippen LogP contribution is 2.39. The maximum atomic E-state index is 13.2. The van der Waals surface area contributed by atoms with Crippen molar-refractivity contribution in [3.8, 4) is 5.75 Å². The Labute approximate surface area is 188 Å². The molecule has 0 radical (unpaired) electrons. The maximum Gasteiger partial charge on any atom is 0.329 e. The van der Waals surface area contributed by atoms with Crippen LogP contribution in [-0.2, 0) is 21.9 Å². The molecule has 32 heavy (non-hydrogen) atoms. The molecule has 0 fully saturated rings. The van der Waals surface area contributed by atoms with Gasteiger partial charge in [0, 0.05) is 25.8 Å². The van der Waals surface area contributed by atoms with Crippen LogP contribution in [0.15, 0.2) is 54.6 Å². The van der Waals surface area contributed by atoms with E-state index < -0.39 is 7.60 Å². The minimum atomic E-state index is -3.53. The summed E-state index contributed by atoms with van der Waals surface area (Å²) in [5.41, 5.74) is 7.12. The van der Waals surface area contributed by atoms with Crippen LogP contribution in [0.25, 0.3) is 0 Å². The van der Waals surface area contributed by atoms with Crippen molar-refractivity contribution in [2.75, 3.05) is 25.1 Å². The summed E-state index contributed by atoms with van der Waals surface area (Å²) in [4.78, 5) is 9.52. The SMILES string of the molecule is COP(=O)(O)CCNc1cc(C)c(Cc2ccc(O)c(Cc3ccc(F)cc3)c2)c(C)c1. The Morgan fingerprint density at radius 1 is 0.969 bits per heavy atom. The van der Waals surface area contributed by atoms with Crippen molar-refractivity contribution >= 4 is 13.3 Å². The van der Waals surface area contributed by atoms with Gasteiger partial charge in [0.1, 0.15) is 11.6 Å². The molecule has 0 heterocycles. The second-order valence-corrected chi connectivity index (χ2v) is 10.1. The van der Waals surface area contributed by atoms with Crippen molar-refractivity contribution in [3.63, 3.8) is 0 Å². The first-order valence-electron chi connectivity index (χ1n) is 10.4. The van der Waals surface area contributed by atoms with Crippen molar-refractivity contribution in [2.24, 2.45) is 0 Å². The van der Waals surface area contributed by atoms with E-state index in [1.54, 1.807) is 18.2 Å². The molecule has 3 aromatic rings. The third kappa shape index (κ3) is 6.42. The normalized spacial score (nSPS) is 13.0. The average molecular weight is 457 g/mol. The number of hydrogen-bond donors (Lipinski definition) is 3. The number of rotatable bonds is 9. The minimum absolute atomic E-state index is 0.0354. The summed E-state index contributed by atoms with van der Waals surface area (Å²) in [5, 5.41) is 13.5. The number of nitrogens with one attached hydrogen (secondary N) is 1. The molecule has 0 aliphatic heterocycles. The molecule has 1 atom stereocenters. The van der Waals surface area contributed by atoms with E-state index in [1.807, 2.05) is 38.1 Å².